The Bertz CT molecular complexity index is 273. The lowest BCUT2D eigenvalue weighted by molar-refractivity contribution is 0.556. The molecule has 0 aliphatic carbocycles. The number of hydrogen-bond acceptors (Lipinski definition) is 1. The second kappa shape index (κ2) is 11.2. The van der Waals surface area contributed by atoms with Crippen molar-refractivity contribution in [2.75, 3.05) is 0 Å². The van der Waals surface area contributed by atoms with Gasteiger partial charge in [-0.3, -0.25) is 0 Å². The Hall–Kier alpha value is -0.940. The highest BCUT2D eigenvalue weighted by Crippen LogP contribution is 2.14. The molecular formula is C17H28N+. The molecule has 0 saturated carbocycles. The molecule has 0 aromatic rings. The summed E-state index contributed by atoms with van der Waals surface area (Å²) < 4.78 is 0. The number of unbranched alkanes of at least 4 members (excludes halogenated alkanes) is 9. The number of rotatable bonds is 11. The fourth-order valence-electron chi connectivity index (χ4n) is 2.30. The average molecular weight is 246 g/mol. The standard InChI is InChI=1S/C17H28N/c1-2-3-4-5-6-7-8-9-10-11-13-17-14-12-15-18-16-17/h12,14-15H,2-11,13H2,1H3/q+1. The van der Waals surface area contributed by atoms with E-state index in [4.69, 9.17) is 0 Å². The van der Waals surface area contributed by atoms with E-state index in [1.165, 1.54) is 69.8 Å². The molecule has 0 atom stereocenters. The minimum Gasteiger partial charge on any atom is -0.0740 e. The monoisotopic (exact) mass is 246 g/mol. The quantitative estimate of drug-likeness (QED) is 0.331. The highest BCUT2D eigenvalue weighted by Gasteiger charge is 2.03. The van der Waals surface area contributed by atoms with E-state index >= 15 is 0 Å². The van der Waals surface area contributed by atoms with Gasteiger partial charge in [-0.15, -0.1) is 0 Å². The Balaban J connectivity index is 1.80. The molecule has 0 radical (unpaired) electrons. The smallest absolute Gasteiger partial charge is 0.0740 e. The van der Waals surface area contributed by atoms with Gasteiger partial charge in [-0.2, -0.15) is 0 Å². The van der Waals surface area contributed by atoms with Crippen molar-refractivity contribution < 1.29 is 0 Å². The minimum atomic E-state index is 1.14. The van der Waals surface area contributed by atoms with Crippen LogP contribution in [0.5, 0.6) is 0 Å². The molecule has 0 aromatic carbocycles. The Labute approximate surface area is 113 Å². The van der Waals surface area contributed by atoms with Gasteiger partial charge >= 0.3 is 0 Å². The van der Waals surface area contributed by atoms with Gasteiger partial charge in [-0.1, -0.05) is 69.7 Å². The molecule has 0 unspecified atom stereocenters. The van der Waals surface area contributed by atoms with E-state index in [0.717, 1.165) is 6.42 Å². The zero-order valence-corrected chi connectivity index (χ0v) is 12.0. The highest BCUT2D eigenvalue weighted by atomic mass is 14.7. The minimum absolute atomic E-state index is 1.14. The predicted octanol–water partition coefficient (Wildman–Crippen LogP) is 5.63. The topological polar surface area (TPSA) is 12.4 Å². The van der Waals surface area contributed by atoms with E-state index < -0.39 is 0 Å². The molecule has 0 aromatic heterocycles. The van der Waals surface area contributed by atoms with Crippen LogP contribution in [0.2, 0.25) is 0 Å². The maximum atomic E-state index is 4.02. The maximum absolute atomic E-state index is 4.02. The summed E-state index contributed by atoms with van der Waals surface area (Å²) in [6.07, 6.45) is 24.1. The van der Waals surface area contributed by atoms with Crippen LogP contribution in [0.15, 0.2) is 22.7 Å². The lowest BCUT2D eigenvalue weighted by Crippen LogP contribution is -1.86. The third-order valence-electron chi connectivity index (χ3n) is 3.47. The summed E-state index contributed by atoms with van der Waals surface area (Å²) >= 11 is 0. The summed E-state index contributed by atoms with van der Waals surface area (Å²) in [6, 6.07) is 0. The molecular weight excluding hydrogens is 218 g/mol. The van der Waals surface area contributed by atoms with Crippen LogP contribution in [0, 0.1) is 6.20 Å². The molecule has 0 amide bonds. The van der Waals surface area contributed by atoms with Crippen molar-refractivity contribution in [1.82, 2.24) is 0 Å². The van der Waals surface area contributed by atoms with E-state index in [0.29, 0.717) is 0 Å². The third kappa shape index (κ3) is 8.20. The first-order valence-electron chi connectivity index (χ1n) is 7.75. The summed E-state index contributed by atoms with van der Waals surface area (Å²) in [5.41, 5.74) is 1.26. The zero-order valence-electron chi connectivity index (χ0n) is 12.0. The summed E-state index contributed by atoms with van der Waals surface area (Å²) in [7, 11) is 0. The number of nitrogens with zero attached hydrogens (tertiary/aromatic N) is 1. The SMILES string of the molecule is CCCCCCCCCCCCC1=[C+]N=CC=C1. The van der Waals surface area contributed by atoms with Crippen molar-refractivity contribution >= 4 is 6.21 Å². The lowest BCUT2D eigenvalue weighted by atomic mass is 10.0. The molecule has 0 spiro atoms. The molecule has 1 rings (SSSR count). The van der Waals surface area contributed by atoms with Gasteiger partial charge in [-0.25, -0.2) is 0 Å². The molecule has 0 N–H and O–H groups in total. The van der Waals surface area contributed by atoms with E-state index in [2.05, 4.69) is 24.2 Å². The average Bonchev–Trinajstić information content (AvgIpc) is 2.42. The van der Waals surface area contributed by atoms with Crippen molar-refractivity contribution in [2.24, 2.45) is 4.99 Å². The summed E-state index contributed by atoms with van der Waals surface area (Å²) in [6.45, 7) is 2.28. The normalized spacial score (nSPS) is 13.5. The number of allylic oxidation sites excluding steroid dienone is 3. The molecule has 18 heavy (non-hydrogen) atoms. The van der Waals surface area contributed by atoms with Gasteiger partial charge in [0, 0.05) is 6.42 Å². The molecule has 1 heterocycles. The molecule has 0 bridgehead atoms. The second-order valence-electron chi connectivity index (χ2n) is 5.21. The van der Waals surface area contributed by atoms with Gasteiger partial charge in [0.15, 0.2) is 6.20 Å². The fraction of sp³-hybridized carbons (Fsp3) is 0.706. The van der Waals surface area contributed by atoms with Gasteiger partial charge in [0.1, 0.15) is 11.8 Å². The fourth-order valence-corrected chi connectivity index (χ4v) is 2.30. The van der Waals surface area contributed by atoms with Crippen LogP contribution < -0.4 is 0 Å². The van der Waals surface area contributed by atoms with Crippen LogP contribution in [0.1, 0.15) is 77.6 Å². The Morgan fingerprint density at radius 3 is 2.06 bits per heavy atom. The Kier molecular flexibility index (Phi) is 9.38. The number of hydrogen-bond donors (Lipinski definition) is 0. The predicted molar refractivity (Wildman–Crippen MR) is 80.8 cm³/mol. The first kappa shape index (κ1) is 15.1. The van der Waals surface area contributed by atoms with Crippen molar-refractivity contribution in [3.05, 3.63) is 23.9 Å². The van der Waals surface area contributed by atoms with E-state index in [1.807, 2.05) is 6.08 Å². The summed E-state index contributed by atoms with van der Waals surface area (Å²) in [4.78, 5) is 4.02. The van der Waals surface area contributed by atoms with Gasteiger partial charge < -0.3 is 0 Å². The van der Waals surface area contributed by atoms with Gasteiger partial charge in [-0.05, 0) is 6.42 Å². The van der Waals surface area contributed by atoms with Crippen LogP contribution in [0.3, 0.4) is 0 Å². The van der Waals surface area contributed by atoms with Crippen LogP contribution in [0.25, 0.3) is 0 Å². The van der Waals surface area contributed by atoms with E-state index in [-0.39, 0.29) is 0 Å². The van der Waals surface area contributed by atoms with Crippen LogP contribution >= 0.6 is 0 Å². The number of aliphatic imine (C=N–C) groups is 1. The molecule has 100 valence electrons. The Morgan fingerprint density at radius 1 is 0.889 bits per heavy atom. The van der Waals surface area contributed by atoms with Gasteiger partial charge in [0.25, 0.3) is 0 Å². The molecule has 1 aliphatic heterocycles. The summed E-state index contributed by atoms with van der Waals surface area (Å²) in [5.74, 6) is 0. The highest BCUT2D eigenvalue weighted by molar-refractivity contribution is 5.73. The first-order valence-corrected chi connectivity index (χ1v) is 7.75. The van der Waals surface area contributed by atoms with Crippen molar-refractivity contribution in [1.29, 1.82) is 0 Å². The van der Waals surface area contributed by atoms with Crippen LogP contribution in [-0.4, -0.2) is 6.21 Å². The lowest BCUT2D eigenvalue weighted by Gasteiger charge is -2.01. The largest absolute Gasteiger partial charge is 0.159 e. The zero-order chi connectivity index (χ0) is 12.9. The van der Waals surface area contributed by atoms with E-state index in [1.54, 1.807) is 6.21 Å². The van der Waals surface area contributed by atoms with Crippen LogP contribution in [-0.2, 0) is 0 Å². The maximum Gasteiger partial charge on any atom is 0.159 e. The Morgan fingerprint density at radius 2 is 1.50 bits per heavy atom. The van der Waals surface area contributed by atoms with Gasteiger partial charge in [0.05, 0.1) is 12.2 Å². The molecule has 1 nitrogen and oxygen atoms in total. The third-order valence-corrected chi connectivity index (χ3v) is 3.47. The van der Waals surface area contributed by atoms with E-state index in [9.17, 15) is 0 Å². The molecule has 1 aliphatic rings. The molecule has 0 saturated heterocycles. The van der Waals surface area contributed by atoms with Crippen LogP contribution in [0.4, 0.5) is 0 Å². The molecule has 0 fully saturated rings. The summed E-state index contributed by atoms with van der Waals surface area (Å²) in [5, 5.41) is 0. The second-order valence-corrected chi connectivity index (χ2v) is 5.21. The van der Waals surface area contributed by atoms with Gasteiger partial charge in [0.2, 0.25) is 0 Å². The van der Waals surface area contributed by atoms with Crippen molar-refractivity contribution in [3.8, 4) is 0 Å². The van der Waals surface area contributed by atoms with Crippen molar-refractivity contribution in [2.45, 2.75) is 77.6 Å². The molecule has 1 heteroatoms. The first-order chi connectivity index (χ1) is 8.93. The van der Waals surface area contributed by atoms with Crippen molar-refractivity contribution in [3.63, 3.8) is 0 Å².